The molecular weight excluding hydrogens is 514 g/mol. The minimum atomic E-state index is -0.273. The van der Waals surface area contributed by atoms with Crippen LogP contribution in [0.2, 0.25) is 0 Å². The maximum Gasteiger partial charge on any atom is 0.311 e. The fraction of sp³-hybridized carbons (Fsp3) is 0.548. The molecule has 0 unspecified atom stereocenters. The topological polar surface area (TPSA) is 89.5 Å². The summed E-state index contributed by atoms with van der Waals surface area (Å²) < 4.78 is 33.4. The molecule has 2 aromatic rings. The Bertz CT molecular complexity index is 1150. The third-order valence-corrected chi connectivity index (χ3v) is 7.71. The number of benzene rings is 2. The average Bonchev–Trinajstić information content (AvgIpc) is 2.96. The second kappa shape index (κ2) is 14.8. The molecular formula is C31H44NO8+. The van der Waals surface area contributed by atoms with E-state index in [1.807, 2.05) is 12.1 Å². The molecule has 220 valence electrons. The van der Waals surface area contributed by atoms with Gasteiger partial charge in [-0.2, -0.15) is 0 Å². The Morgan fingerprint density at radius 1 is 0.825 bits per heavy atom. The number of hydrogen-bond acceptors (Lipinski definition) is 8. The largest absolute Gasteiger partial charge is 0.493 e. The third-order valence-electron chi connectivity index (χ3n) is 7.71. The number of fused-ring (bicyclic) bond motifs is 1. The van der Waals surface area contributed by atoms with Crippen molar-refractivity contribution in [3.63, 3.8) is 0 Å². The van der Waals surface area contributed by atoms with E-state index < -0.39 is 0 Å². The molecule has 40 heavy (non-hydrogen) atoms. The Labute approximate surface area is 237 Å². The van der Waals surface area contributed by atoms with Gasteiger partial charge in [-0.15, -0.1) is 0 Å². The summed E-state index contributed by atoms with van der Waals surface area (Å²) in [6.07, 6.45) is 4.29. The van der Waals surface area contributed by atoms with Crippen LogP contribution in [-0.4, -0.2) is 78.2 Å². The predicted molar refractivity (Wildman–Crippen MR) is 151 cm³/mol. The summed E-state index contributed by atoms with van der Waals surface area (Å²) in [5, 5.41) is 0. The van der Waals surface area contributed by atoms with Crippen molar-refractivity contribution in [2.24, 2.45) is 0 Å². The number of nitrogens with zero attached hydrogens (tertiary/aromatic N) is 1. The van der Waals surface area contributed by atoms with E-state index in [4.69, 9.17) is 28.4 Å². The Morgan fingerprint density at radius 3 is 2.10 bits per heavy atom. The van der Waals surface area contributed by atoms with Gasteiger partial charge in [0.2, 0.25) is 0 Å². The van der Waals surface area contributed by atoms with Crippen LogP contribution >= 0.6 is 0 Å². The summed E-state index contributed by atoms with van der Waals surface area (Å²) in [6.45, 7) is 3.70. The summed E-state index contributed by atoms with van der Waals surface area (Å²) >= 11 is 0. The highest BCUT2D eigenvalue weighted by Gasteiger charge is 2.40. The number of esters is 2. The molecule has 0 aliphatic carbocycles. The maximum absolute atomic E-state index is 12.7. The zero-order valence-corrected chi connectivity index (χ0v) is 24.7. The third kappa shape index (κ3) is 8.03. The molecule has 0 fully saturated rings. The molecule has 0 bridgehead atoms. The molecule has 0 saturated heterocycles. The van der Waals surface area contributed by atoms with Crippen LogP contribution in [0.25, 0.3) is 0 Å². The zero-order chi connectivity index (χ0) is 29.1. The summed E-state index contributed by atoms with van der Waals surface area (Å²) in [7, 11) is 8.79. The molecule has 1 heterocycles. The molecule has 0 saturated carbocycles. The molecule has 2 aromatic carbocycles. The second-order valence-corrected chi connectivity index (χ2v) is 10.4. The van der Waals surface area contributed by atoms with Crippen LogP contribution in [0, 0.1) is 0 Å². The van der Waals surface area contributed by atoms with E-state index in [9.17, 15) is 9.59 Å². The maximum atomic E-state index is 12.7. The fourth-order valence-electron chi connectivity index (χ4n) is 5.36. The van der Waals surface area contributed by atoms with Crippen LogP contribution in [0.1, 0.15) is 55.3 Å². The van der Waals surface area contributed by atoms with Gasteiger partial charge < -0.3 is 32.9 Å². The molecule has 0 radical (unpaired) electrons. The summed E-state index contributed by atoms with van der Waals surface area (Å²) in [5.41, 5.74) is 3.54. The quantitative estimate of drug-likeness (QED) is 0.177. The highest BCUT2D eigenvalue weighted by Crippen LogP contribution is 2.43. The van der Waals surface area contributed by atoms with E-state index in [1.54, 1.807) is 28.4 Å². The molecule has 1 aliphatic rings. The molecule has 3 rings (SSSR count). The zero-order valence-electron chi connectivity index (χ0n) is 24.7. The van der Waals surface area contributed by atoms with Gasteiger partial charge in [0.25, 0.3) is 0 Å². The van der Waals surface area contributed by atoms with E-state index in [-0.39, 0.29) is 18.0 Å². The van der Waals surface area contributed by atoms with Crippen molar-refractivity contribution >= 4 is 11.9 Å². The van der Waals surface area contributed by atoms with Gasteiger partial charge in [0, 0.05) is 25.3 Å². The molecule has 9 nitrogen and oxygen atoms in total. The molecule has 0 spiro atoms. The van der Waals surface area contributed by atoms with Crippen LogP contribution in [0.4, 0.5) is 0 Å². The SMILES string of the molecule is COc1ccc(C[C@@H]2c3cc(OC)c(OC)cc3CC[N@+]2(C)CCC(=O)OCCCCCOC(C)=O)cc1OC. The van der Waals surface area contributed by atoms with Crippen LogP contribution in [0.5, 0.6) is 23.0 Å². The first-order valence-electron chi connectivity index (χ1n) is 13.8. The Morgan fingerprint density at radius 2 is 1.45 bits per heavy atom. The van der Waals surface area contributed by atoms with Crippen LogP contribution in [0.3, 0.4) is 0 Å². The minimum Gasteiger partial charge on any atom is -0.493 e. The minimum absolute atomic E-state index is 0.0794. The Kier molecular flexibility index (Phi) is 11.5. The van der Waals surface area contributed by atoms with Crippen molar-refractivity contribution in [2.75, 3.05) is 61.8 Å². The molecule has 2 atom stereocenters. The van der Waals surface area contributed by atoms with E-state index >= 15 is 0 Å². The number of hydrogen-bond donors (Lipinski definition) is 0. The smallest absolute Gasteiger partial charge is 0.311 e. The van der Waals surface area contributed by atoms with Crippen molar-refractivity contribution in [3.05, 3.63) is 47.0 Å². The molecule has 0 amide bonds. The van der Waals surface area contributed by atoms with Crippen molar-refractivity contribution < 1.29 is 42.5 Å². The van der Waals surface area contributed by atoms with Crippen molar-refractivity contribution in [1.29, 1.82) is 0 Å². The highest BCUT2D eigenvalue weighted by atomic mass is 16.5. The number of likely N-dealkylation sites (N-methyl/N-ethyl adjacent to an activating group) is 1. The van der Waals surface area contributed by atoms with Gasteiger partial charge in [0.05, 0.1) is 68.2 Å². The van der Waals surface area contributed by atoms with Crippen LogP contribution in [0.15, 0.2) is 30.3 Å². The standard InChI is InChI=1S/C31H44NO8/c1-22(33)39-16-8-7-9-17-40-31(34)13-15-32(2)14-12-24-20-29(37-5)30(38-6)21-25(24)26(32)18-23-10-11-27(35-3)28(19-23)36-4/h10-11,19-21,26H,7-9,12-18H2,1-6H3/q+1/t26-,32-/m1/s1. The lowest BCUT2D eigenvalue weighted by Crippen LogP contribution is -2.53. The lowest BCUT2D eigenvalue weighted by molar-refractivity contribution is -0.940. The number of quaternary nitrogens is 1. The summed E-state index contributed by atoms with van der Waals surface area (Å²) in [6, 6.07) is 10.3. The van der Waals surface area contributed by atoms with Gasteiger partial charge in [0.15, 0.2) is 23.0 Å². The van der Waals surface area contributed by atoms with E-state index in [1.165, 1.54) is 18.1 Å². The van der Waals surface area contributed by atoms with Crippen molar-refractivity contribution in [3.8, 4) is 23.0 Å². The van der Waals surface area contributed by atoms with E-state index in [0.29, 0.717) is 47.9 Å². The van der Waals surface area contributed by atoms with Crippen molar-refractivity contribution in [2.45, 2.75) is 51.5 Å². The van der Waals surface area contributed by atoms with Crippen LogP contribution in [-0.2, 0) is 31.9 Å². The lowest BCUT2D eigenvalue weighted by Gasteiger charge is -2.46. The molecule has 0 aromatic heterocycles. The van der Waals surface area contributed by atoms with Crippen LogP contribution < -0.4 is 18.9 Å². The number of carbonyl (C=O) groups is 2. The fourth-order valence-corrected chi connectivity index (χ4v) is 5.36. The predicted octanol–water partition coefficient (Wildman–Crippen LogP) is 4.67. The highest BCUT2D eigenvalue weighted by molar-refractivity contribution is 5.69. The first-order valence-corrected chi connectivity index (χ1v) is 13.8. The first kappa shape index (κ1) is 31.1. The van der Waals surface area contributed by atoms with Gasteiger partial charge in [-0.05, 0) is 54.7 Å². The molecule has 1 aliphatic heterocycles. The van der Waals surface area contributed by atoms with Gasteiger partial charge in [-0.25, -0.2) is 0 Å². The van der Waals surface area contributed by atoms with E-state index in [0.717, 1.165) is 50.0 Å². The number of carbonyl (C=O) groups excluding carboxylic acids is 2. The number of unbranched alkanes of at least 4 members (excludes halogenated alkanes) is 2. The van der Waals surface area contributed by atoms with Gasteiger partial charge in [-0.1, -0.05) is 6.07 Å². The van der Waals surface area contributed by atoms with Gasteiger partial charge in [0.1, 0.15) is 6.04 Å². The second-order valence-electron chi connectivity index (χ2n) is 10.4. The number of ether oxygens (including phenoxy) is 6. The number of methoxy groups -OCH3 is 4. The van der Waals surface area contributed by atoms with Gasteiger partial charge >= 0.3 is 11.9 Å². The normalized spacial score (nSPS) is 17.9. The van der Waals surface area contributed by atoms with E-state index in [2.05, 4.69) is 25.2 Å². The summed E-state index contributed by atoms with van der Waals surface area (Å²) in [4.78, 5) is 23.5. The molecule has 0 N–H and O–H groups in total. The Balaban J connectivity index is 1.75. The lowest BCUT2D eigenvalue weighted by atomic mass is 9.86. The number of rotatable bonds is 15. The summed E-state index contributed by atoms with van der Waals surface area (Å²) in [5.74, 6) is 2.33. The first-order chi connectivity index (χ1) is 19.2. The van der Waals surface area contributed by atoms with Crippen molar-refractivity contribution in [1.82, 2.24) is 0 Å². The monoisotopic (exact) mass is 558 g/mol. The molecule has 9 heteroatoms. The Hall–Kier alpha value is -3.46. The average molecular weight is 559 g/mol. The van der Waals surface area contributed by atoms with Gasteiger partial charge in [-0.3, -0.25) is 9.59 Å².